The monoisotopic (exact) mass is 281 g/mol. The lowest BCUT2D eigenvalue weighted by molar-refractivity contribution is 0.507. The van der Waals surface area contributed by atoms with Gasteiger partial charge < -0.3 is 10.2 Å². The summed E-state index contributed by atoms with van der Waals surface area (Å²) in [6.45, 7) is 2.53. The average molecular weight is 282 g/mol. The molecular weight excluding hydrogens is 270 g/mol. The van der Waals surface area contributed by atoms with Crippen molar-refractivity contribution < 1.29 is 4.42 Å². The summed E-state index contributed by atoms with van der Waals surface area (Å²) in [7, 11) is 0. The quantitative estimate of drug-likeness (QED) is 0.938. The number of aromatic nitrogens is 2. The Morgan fingerprint density at radius 3 is 2.94 bits per heavy atom. The molecule has 0 amide bonds. The van der Waals surface area contributed by atoms with Crippen molar-refractivity contribution in [1.82, 2.24) is 10.2 Å². The molecule has 2 rings (SSSR count). The van der Waals surface area contributed by atoms with Crippen LogP contribution >= 0.6 is 15.9 Å². The molecule has 0 aliphatic carbocycles. The molecule has 2 N–H and O–H groups in total. The van der Waals surface area contributed by atoms with E-state index in [9.17, 15) is 0 Å². The molecule has 0 unspecified atom stereocenters. The van der Waals surface area contributed by atoms with E-state index in [2.05, 4.69) is 26.1 Å². The Labute approximate surface area is 102 Å². The van der Waals surface area contributed by atoms with E-state index in [0.717, 1.165) is 15.6 Å². The summed E-state index contributed by atoms with van der Waals surface area (Å²) in [5.74, 6) is 1.10. The first kappa shape index (κ1) is 11.3. The molecule has 0 fully saturated rings. The smallest absolute Gasteiger partial charge is 0.248 e. The second kappa shape index (κ2) is 4.76. The summed E-state index contributed by atoms with van der Waals surface area (Å²) in [6, 6.07) is 5.99. The zero-order chi connectivity index (χ0) is 11.5. The Morgan fingerprint density at radius 2 is 2.19 bits per heavy atom. The first-order valence-electron chi connectivity index (χ1n) is 4.99. The van der Waals surface area contributed by atoms with Crippen molar-refractivity contribution in [1.29, 1.82) is 0 Å². The van der Waals surface area contributed by atoms with E-state index in [4.69, 9.17) is 10.2 Å². The maximum atomic E-state index is 5.51. The van der Waals surface area contributed by atoms with Crippen molar-refractivity contribution in [2.45, 2.75) is 13.3 Å². The molecule has 0 aliphatic rings. The average Bonchev–Trinajstić information content (AvgIpc) is 2.71. The van der Waals surface area contributed by atoms with E-state index in [1.165, 1.54) is 0 Å². The number of hydrogen-bond acceptors (Lipinski definition) is 4. The van der Waals surface area contributed by atoms with E-state index in [0.29, 0.717) is 24.7 Å². The van der Waals surface area contributed by atoms with Crippen LogP contribution in [0, 0.1) is 6.92 Å². The Balaban J connectivity index is 2.38. The predicted octanol–water partition coefficient (Wildman–Crippen LogP) is 2.31. The van der Waals surface area contributed by atoms with Gasteiger partial charge in [-0.2, -0.15) is 0 Å². The van der Waals surface area contributed by atoms with E-state index in [-0.39, 0.29) is 0 Å². The van der Waals surface area contributed by atoms with Crippen LogP contribution in [0.15, 0.2) is 27.1 Å². The van der Waals surface area contributed by atoms with Crippen LogP contribution in [0.3, 0.4) is 0 Å². The molecule has 1 aromatic carbocycles. The third-order valence-corrected chi connectivity index (χ3v) is 2.87. The molecule has 5 heteroatoms. The molecule has 1 aromatic heterocycles. The third-order valence-electron chi connectivity index (χ3n) is 2.18. The van der Waals surface area contributed by atoms with Gasteiger partial charge in [-0.3, -0.25) is 0 Å². The Hall–Kier alpha value is -1.20. The van der Waals surface area contributed by atoms with Gasteiger partial charge in [-0.05, 0) is 35.0 Å². The highest BCUT2D eigenvalue weighted by Crippen LogP contribution is 2.28. The molecular formula is C11H12BrN3O. The summed E-state index contributed by atoms with van der Waals surface area (Å²) in [5, 5.41) is 7.94. The van der Waals surface area contributed by atoms with Crippen LogP contribution < -0.4 is 5.73 Å². The van der Waals surface area contributed by atoms with Gasteiger partial charge in [-0.1, -0.05) is 11.6 Å². The van der Waals surface area contributed by atoms with E-state index in [1.807, 2.05) is 25.1 Å². The summed E-state index contributed by atoms with van der Waals surface area (Å²) in [4.78, 5) is 0. The van der Waals surface area contributed by atoms with E-state index < -0.39 is 0 Å². The van der Waals surface area contributed by atoms with Crippen LogP contribution in [0.25, 0.3) is 11.5 Å². The zero-order valence-electron chi connectivity index (χ0n) is 8.90. The van der Waals surface area contributed by atoms with Crippen LogP contribution in [-0.4, -0.2) is 16.7 Å². The number of nitrogens with two attached hydrogens (primary N) is 1. The van der Waals surface area contributed by atoms with Crippen molar-refractivity contribution in [3.05, 3.63) is 34.1 Å². The van der Waals surface area contributed by atoms with Crippen LogP contribution in [0.5, 0.6) is 0 Å². The van der Waals surface area contributed by atoms with Gasteiger partial charge in [0.25, 0.3) is 0 Å². The van der Waals surface area contributed by atoms with Gasteiger partial charge in [0, 0.05) is 17.4 Å². The number of rotatable bonds is 3. The van der Waals surface area contributed by atoms with Crippen LogP contribution in [0.2, 0.25) is 0 Å². The molecule has 0 atom stereocenters. The molecule has 16 heavy (non-hydrogen) atoms. The van der Waals surface area contributed by atoms with Crippen LogP contribution in [0.4, 0.5) is 0 Å². The van der Waals surface area contributed by atoms with Crippen LogP contribution in [-0.2, 0) is 6.42 Å². The Bertz CT molecular complexity index is 496. The summed E-state index contributed by atoms with van der Waals surface area (Å²) in [5.41, 5.74) is 7.49. The van der Waals surface area contributed by atoms with Gasteiger partial charge in [-0.25, -0.2) is 0 Å². The van der Waals surface area contributed by atoms with E-state index in [1.54, 1.807) is 0 Å². The first-order chi connectivity index (χ1) is 7.70. The maximum absolute atomic E-state index is 5.51. The second-order valence-electron chi connectivity index (χ2n) is 3.52. The number of hydrogen-bond donors (Lipinski definition) is 1. The topological polar surface area (TPSA) is 64.9 Å². The second-order valence-corrected chi connectivity index (χ2v) is 4.38. The molecule has 0 saturated heterocycles. The van der Waals surface area contributed by atoms with Gasteiger partial charge in [0.15, 0.2) is 0 Å². The number of aryl methyl sites for hydroxylation is 1. The van der Waals surface area contributed by atoms with Gasteiger partial charge in [0.2, 0.25) is 11.8 Å². The fourth-order valence-corrected chi connectivity index (χ4v) is 1.81. The minimum Gasteiger partial charge on any atom is -0.421 e. The minimum atomic E-state index is 0.511. The molecule has 0 radical (unpaired) electrons. The van der Waals surface area contributed by atoms with Crippen LogP contribution in [0.1, 0.15) is 11.5 Å². The lowest BCUT2D eigenvalue weighted by Crippen LogP contribution is -2.02. The van der Waals surface area contributed by atoms with Crippen molar-refractivity contribution in [2.24, 2.45) is 5.73 Å². The first-order valence-corrected chi connectivity index (χ1v) is 5.79. The fraction of sp³-hybridized carbons (Fsp3) is 0.273. The largest absolute Gasteiger partial charge is 0.421 e. The van der Waals surface area contributed by atoms with Gasteiger partial charge >= 0.3 is 0 Å². The Kier molecular flexibility index (Phi) is 3.36. The predicted molar refractivity (Wildman–Crippen MR) is 64.9 cm³/mol. The number of benzene rings is 1. The van der Waals surface area contributed by atoms with Crippen molar-refractivity contribution >= 4 is 15.9 Å². The molecule has 0 aliphatic heterocycles. The van der Waals surface area contributed by atoms with Gasteiger partial charge in [0.1, 0.15) is 0 Å². The molecule has 2 aromatic rings. The maximum Gasteiger partial charge on any atom is 0.248 e. The molecule has 0 bridgehead atoms. The van der Waals surface area contributed by atoms with Crippen molar-refractivity contribution in [3.63, 3.8) is 0 Å². The Morgan fingerprint density at radius 1 is 1.38 bits per heavy atom. The third kappa shape index (κ3) is 2.31. The minimum absolute atomic E-state index is 0.511. The lowest BCUT2D eigenvalue weighted by Gasteiger charge is -2.00. The highest BCUT2D eigenvalue weighted by molar-refractivity contribution is 9.10. The lowest BCUT2D eigenvalue weighted by atomic mass is 10.1. The summed E-state index contributed by atoms with van der Waals surface area (Å²) < 4.78 is 6.46. The standard InChI is InChI=1S/C11H12BrN3O/c1-7-2-3-9(12)8(6-7)11-15-14-10(16-11)4-5-13/h2-3,6H,4-5,13H2,1H3. The molecule has 4 nitrogen and oxygen atoms in total. The number of halogens is 1. The highest BCUT2D eigenvalue weighted by Gasteiger charge is 2.11. The normalized spacial score (nSPS) is 10.7. The SMILES string of the molecule is Cc1ccc(Br)c(-c2nnc(CCN)o2)c1. The summed E-state index contributed by atoms with van der Waals surface area (Å²) >= 11 is 3.46. The van der Waals surface area contributed by atoms with Crippen molar-refractivity contribution in [2.75, 3.05) is 6.54 Å². The van der Waals surface area contributed by atoms with Gasteiger partial charge in [-0.15, -0.1) is 10.2 Å². The highest BCUT2D eigenvalue weighted by atomic mass is 79.9. The fourth-order valence-electron chi connectivity index (χ4n) is 1.39. The summed E-state index contributed by atoms with van der Waals surface area (Å²) in [6.07, 6.45) is 0.608. The van der Waals surface area contributed by atoms with Crippen molar-refractivity contribution in [3.8, 4) is 11.5 Å². The number of nitrogens with zero attached hydrogens (tertiary/aromatic N) is 2. The molecule has 84 valence electrons. The zero-order valence-corrected chi connectivity index (χ0v) is 10.5. The molecule has 1 heterocycles. The van der Waals surface area contributed by atoms with Gasteiger partial charge in [0.05, 0.1) is 5.56 Å². The molecule has 0 saturated carbocycles. The molecule has 0 spiro atoms. The van der Waals surface area contributed by atoms with E-state index >= 15 is 0 Å².